The Bertz CT molecular complexity index is 611. The number of fused-ring (bicyclic) bond motifs is 1. The highest BCUT2D eigenvalue weighted by Crippen LogP contribution is 2.31. The lowest BCUT2D eigenvalue weighted by Crippen LogP contribution is -2.41. The number of carbonyl (C=O) groups excluding carboxylic acids is 1. The summed E-state index contributed by atoms with van der Waals surface area (Å²) in [5.41, 5.74) is 6.48. The van der Waals surface area contributed by atoms with Crippen molar-refractivity contribution in [2.24, 2.45) is 0 Å². The van der Waals surface area contributed by atoms with Crippen LogP contribution in [0.1, 0.15) is 16.6 Å². The maximum absolute atomic E-state index is 12.3. The van der Waals surface area contributed by atoms with Crippen molar-refractivity contribution in [2.75, 3.05) is 18.6 Å². The standard InChI is InChI=1S/C13H17N3O2S2/c1-7(9(6-17)19-2)16-12(18)11-10(14)8-4-3-5-15-13(8)20-11/h3-5,7,9,17H,6,14H2,1-2H3,(H,16,18). The van der Waals surface area contributed by atoms with Crippen LogP contribution >= 0.6 is 23.1 Å². The Labute approximate surface area is 125 Å². The van der Waals surface area contributed by atoms with Gasteiger partial charge in [0.1, 0.15) is 9.71 Å². The molecule has 2 aromatic heterocycles. The Balaban J connectivity index is 2.21. The second-order valence-electron chi connectivity index (χ2n) is 4.42. The van der Waals surface area contributed by atoms with Gasteiger partial charge in [-0.15, -0.1) is 11.3 Å². The number of carbonyl (C=O) groups is 1. The third-order valence-electron chi connectivity index (χ3n) is 3.11. The lowest BCUT2D eigenvalue weighted by molar-refractivity contribution is 0.0941. The molecule has 0 bridgehead atoms. The summed E-state index contributed by atoms with van der Waals surface area (Å²) in [6, 6.07) is 3.51. The molecule has 2 aromatic rings. The van der Waals surface area contributed by atoms with Gasteiger partial charge in [0, 0.05) is 22.9 Å². The summed E-state index contributed by atoms with van der Waals surface area (Å²) < 4.78 is 0. The van der Waals surface area contributed by atoms with Crippen LogP contribution in [0.25, 0.3) is 10.2 Å². The average molecular weight is 311 g/mol. The quantitative estimate of drug-likeness (QED) is 0.782. The van der Waals surface area contributed by atoms with E-state index in [1.165, 1.54) is 23.1 Å². The Morgan fingerprint density at radius 2 is 2.40 bits per heavy atom. The molecular formula is C13H17N3O2S2. The summed E-state index contributed by atoms with van der Waals surface area (Å²) >= 11 is 2.80. The predicted octanol–water partition coefficient (Wildman–Crippen LogP) is 1.72. The molecule has 0 aliphatic carbocycles. The number of aliphatic hydroxyl groups is 1. The monoisotopic (exact) mass is 311 g/mol. The highest BCUT2D eigenvalue weighted by molar-refractivity contribution is 7.99. The number of thioether (sulfide) groups is 1. The molecule has 7 heteroatoms. The van der Waals surface area contributed by atoms with Crippen molar-refractivity contribution in [1.29, 1.82) is 0 Å². The van der Waals surface area contributed by atoms with Crippen molar-refractivity contribution < 1.29 is 9.90 Å². The molecule has 4 N–H and O–H groups in total. The predicted molar refractivity (Wildman–Crippen MR) is 85.3 cm³/mol. The van der Waals surface area contributed by atoms with Gasteiger partial charge in [0.2, 0.25) is 0 Å². The van der Waals surface area contributed by atoms with Gasteiger partial charge >= 0.3 is 0 Å². The zero-order valence-corrected chi connectivity index (χ0v) is 12.9. The van der Waals surface area contributed by atoms with E-state index in [0.29, 0.717) is 10.6 Å². The van der Waals surface area contributed by atoms with Gasteiger partial charge in [0.05, 0.1) is 12.3 Å². The Morgan fingerprint density at radius 3 is 3.00 bits per heavy atom. The third-order valence-corrected chi connectivity index (χ3v) is 5.40. The molecule has 0 aromatic carbocycles. The van der Waals surface area contributed by atoms with Gasteiger partial charge in [-0.1, -0.05) is 0 Å². The maximum atomic E-state index is 12.3. The lowest BCUT2D eigenvalue weighted by Gasteiger charge is -2.21. The number of thiophene rings is 1. The largest absolute Gasteiger partial charge is 0.397 e. The van der Waals surface area contributed by atoms with E-state index >= 15 is 0 Å². The zero-order chi connectivity index (χ0) is 14.7. The Kier molecular flexibility index (Phi) is 4.85. The first-order valence-corrected chi connectivity index (χ1v) is 8.26. The van der Waals surface area contributed by atoms with Crippen LogP contribution in [-0.4, -0.2) is 40.2 Å². The van der Waals surface area contributed by atoms with Gasteiger partial charge < -0.3 is 16.2 Å². The van der Waals surface area contributed by atoms with Crippen LogP contribution in [0.4, 0.5) is 5.69 Å². The lowest BCUT2D eigenvalue weighted by atomic mass is 10.2. The molecule has 2 atom stereocenters. The van der Waals surface area contributed by atoms with E-state index in [1.54, 1.807) is 12.3 Å². The first-order valence-electron chi connectivity index (χ1n) is 6.16. The van der Waals surface area contributed by atoms with E-state index < -0.39 is 0 Å². The molecule has 5 nitrogen and oxygen atoms in total. The number of nitrogen functional groups attached to an aromatic ring is 1. The Hall–Kier alpha value is -1.31. The van der Waals surface area contributed by atoms with E-state index in [2.05, 4.69) is 10.3 Å². The zero-order valence-electron chi connectivity index (χ0n) is 11.3. The van der Waals surface area contributed by atoms with Crippen LogP contribution in [-0.2, 0) is 0 Å². The number of pyridine rings is 1. The minimum absolute atomic E-state index is 0.0199. The second kappa shape index (κ2) is 6.43. The summed E-state index contributed by atoms with van der Waals surface area (Å²) in [6.45, 7) is 1.89. The van der Waals surface area contributed by atoms with E-state index in [1.807, 2.05) is 19.2 Å². The summed E-state index contributed by atoms with van der Waals surface area (Å²) in [5, 5.41) is 12.9. The first kappa shape index (κ1) is 15.1. The van der Waals surface area contributed by atoms with Crippen molar-refractivity contribution >= 4 is 44.9 Å². The SMILES string of the molecule is CSC(CO)C(C)NC(=O)c1sc2ncccc2c1N. The highest BCUT2D eigenvalue weighted by Gasteiger charge is 2.22. The molecule has 0 radical (unpaired) electrons. The summed E-state index contributed by atoms with van der Waals surface area (Å²) in [4.78, 5) is 17.7. The number of nitrogens with zero attached hydrogens (tertiary/aromatic N) is 1. The minimum Gasteiger partial charge on any atom is -0.397 e. The van der Waals surface area contributed by atoms with Crippen molar-refractivity contribution in [3.8, 4) is 0 Å². The van der Waals surface area contributed by atoms with Crippen molar-refractivity contribution in [2.45, 2.75) is 18.2 Å². The summed E-state index contributed by atoms with van der Waals surface area (Å²) in [7, 11) is 0. The second-order valence-corrected chi connectivity index (χ2v) is 6.50. The van der Waals surface area contributed by atoms with Crippen LogP contribution in [0, 0.1) is 0 Å². The average Bonchev–Trinajstić information content (AvgIpc) is 2.78. The molecule has 2 rings (SSSR count). The number of anilines is 1. The number of aliphatic hydroxyl groups excluding tert-OH is 1. The van der Waals surface area contributed by atoms with E-state index in [0.717, 1.165) is 10.2 Å². The van der Waals surface area contributed by atoms with Crippen molar-refractivity contribution in [1.82, 2.24) is 10.3 Å². The number of rotatable bonds is 5. The number of aromatic nitrogens is 1. The minimum atomic E-state index is -0.217. The van der Waals surface area contributed by atoms with Crippen LogP contribution < -0.4 is 11.1 Å². The molecule has 1 amide bonds. The van der Waals surface area contributed by atoms with E-state index in [4.69, 9.17) is 5.73 Å². The number of nitrogens with one attached hydrogen (secondary N) is 1. The number of hydrogen-bond donors (Lipinski definition) is 3. The fourth-order valence-corrected chi connectivity index (χ4v) is 3.51. The smallest absolute Gasteiger partial charge is 0.263 e. The van der Waals surface area contributed by atoms with Crippen LogP contribution in [0.2, 0.25) is 0 Å². The summed E-state index contributed by atoms with van der Waals surface area (Å²) in [5.74, 6) is -0.217. The van der Waals surface area contributed by atoms with Gasteiger partial charge in [-0.3, -0.25) is 4.79 Å². The van der Waals surface area contributed by atoms with Gasteiger partial charge in [-0.05, 0) is 25.3 Å². The van der Waals surface area contributed by atoms with Crippen LogP contribution in [0.15, 0.2) is 18.3 Å². The molecule has 20 heavy (non-hydrogen) atoms. The molecule has 0 fully saturated rings. The van der Waals surface area contributed by atoms with E-state index in [-0.39, 0.29) is 23.8 Å². The van der Waals surface area contributed by atoms with Crippen molar-refractivity contribution in [3.05, 3.63) is 23.2 Å². The number of amides is 1. The van der Waals surface area contributed by atoms with E-state index in [9.17, 15) is 9.90 Å². The normalized spacial score (nSPS) is 14.2. The topological polar surface area (TPSA) is 88.2 Å². The number of hydrogen-bond acceptors (Lipinski definition) is 6. The molecule has 2 unspecified atom stereocenters. The van der Waals surface area contributed by atoms with Crippen LogP contribution in [0.3, 0.4) is 0 Å². The molecule has 0 saturated heterocycles. The molecule has 2 heterocycles. The van der Waals surface area contributed by atoms with Gasteiger partial charge in [-0.2, -0.15) is 11.8 Å². The van der Waals surface area contributed by atoms with Gasteiger partial charge in [0.25, 0.3) is 5.91 Å². The number of nitrogens with two attached hydrogens (primary N) is 1. The third kappa shape index (κ3) is 2.89. The van der Waals surface area contributed by atoms with Crippen LogP contribution in [0.5, 0.6) is 0 Å². The first-order chi connectivity index (χ1) is 9.58. The molecule has 0 aliphatic rings. The Morgan fingerprint density at radius 1 is 1.65 bits per heavy atom. The van der Waals surface area contributed by atoms with Gasteiger partial charge in [-0.25, -0.2) is 4.98 Å². The molecule has 0 spiro atoms. The fourth-order valence-electron chi connectivity index (χ4n) is 1.92. The fraction of sp³-hybridized carbons (Fsp3) is 0.385. The molecule has 0 aliphatic heterocycles. The maximum Gasteiger partial charge on any atom is 0.263 e. The summed E-state index contributed by atoms with van der Waals surface area (Å²) in [6.07, 6.45) is 3.58. The molecular weight excluding hydrogens is 294 g/mol. The molecule has 108 valence electrons. The molecule has 0 saturated carbocycles. The van der Waals surface area contributed by atoms with Gasteiger partial charge in [0.15, 0.2) is 0 Å². The van der Waals surface area contributed by atoms with Crippen molar-refractivity contribution in [3.63, 3.8) is 0 Å². The highest BCUT2D eigenvalue weighted by atomic mass is 32.2.